The second-order valence-electron chi connectivity index (χ2n) is 7.43. The zero-order valence-corrected chi connectivity index (χ0v) is 16.5. The first-order valence-electron chi connectivity index (χ1n) is 8.99. The van der Waals surface area contributed by atoms with Crippen molar-refractivity contribution in [3.05, 3.63) is 23.5 Å². The monoisotopic (exact) mass is 366 g/mol. The second kappa shape index (κ2) is 7.97. The molecule has 1 aromatic carbocycles. The van der Waals surface area contributed by atoms with E-state index in [0.717, 1.165) is 0 Å². The predicted molar refractivity (Wildman–Crippen MR) is 98.2 cm³/mol. The van der Waals surface area contributed by atoms with Crippen LogP contribution in [0.3, 0.4) is 0 Å². The number of hydrogen-bond acceptors (Lipinski definition) is 5. The summed E-state index contributed by atoms with van der Waals surface area (Å²) in [5, 5.41) is 0. The summed E-state index contributed by atoms with van der Waals surface area (Å²) in [5.41, 5.74) is 0.150. The fourth-order valence-electron chi connectivity index (χ4n) is 2.91. The van der Waals surface area contributed by atoms with E-state index in [1.807, 2.05) is 27.7 Å². The third-order valence-corrected chi connectivity index (χ3v) is 5.00. The number of ether oxygens (including phenoxy) is 2. The van der Waals surface area contributed by atoms with Crippen LogP contribution < -0.4 is 10.2 Å². The van der Waals surface area contributed by atoms with Gasteiger partial charge in [0.1, 0.15) is 11.6 Å². The van der Waals surface area contributed by atoms with Gasteiger partial charge < -0.3 is 18.8 Å². The molecule has 0 atom stereocenters. The number of methoxy groups -OCH3 is 1. The molecule has 0 N–H and O–H groups in total. The van der Waals surface area contributed by atoms with Gasteiger partial charge in [-0.25, -0.2) is 4.39 Å². The minimum Gasteiger partial charge on any atom is -0.497 e. The Balaban J connectivity index is 2.23. The van der Waals surface area contributed by atoms with Gasteiger partial charge in [0.2, 0.25) is 0 Å². The van der Waals surface area contributed by atoms with Gasteiger partial charge in [-0.15, -0.1) is 0 Å². The van der Waals surface area contributed by atoms with Crippen molar-refractivity contribution in [3.63, 3.8) is 0 Å². The number of aryl methyl sites for hydroxylation is 1. The standard InChI is InChI=1S/C19H28BFO5/c1-7-24-16(22)10-8-9-13-11-14(21)12-15(17(13)23-6)20-25-18(2,3)19(4,5)26-20/h11-12H,7-10H2,1-6H3. The van der Waals surface area contributed by atoms with E-state index in [1.165, 1.54) is 19.2 Å². The Morgan fingerprint density at radius 3 is 2.35 bits per heavy atom. The summed E-state index contributed by atoms with van der Waals surface area (Å²) in [6.45, 7) is 9.90. The molecule has 144 valence electrons. The summed E-state index contributed by atoms with van der Waals surface area (Å²) in [6.07, 6.45) is 1.31. The van der Waals surface area contributed by atoms with Gasteiger partial charge in [0, 0.05) is 11.9 Å². The van der Waals surface area contributed by atoms with Gasteiger partial charge >= 0.3 is 13.1 Å². The van der Waals surface area contributed by atoms with E-state index in [-0.39, 0.29) is 18.2 Å². The number of halogens is 1. The fourth-order valence-corrected chi connectivity index (χ4v) is 2.91. The quantitative estimate of drug-likeness (QED) is 0.549. The van der Waals surface area contributed by atoms with E-state index < -0.39 is 18.3 Å². The summed E-state index contributed by atoms with van der Waals surface area (Å²) < 4.78 is 36.8. The van der Waals surface area contributed by atoms with Gasteiger partial charge in [0.05, 0.1) is 24.9 Å². The highest BCUT2D eigenvalue weighted by molar-refractivity contribution is 6.63. The van der Waals surface area contributed by atoms with Crippen molar-refractivity contribution in [2.45, 2.75) is 65.1 Å². The molecule has 1 aromatic rings. The van der Waals surface area contributed by atoms with Gasteiger partial charge in [0.25, 0.3) is 0 Å². The maximum atomic E-state index is 14.2. The van der Waals surface area contributed by atoms with E-state index in [0.29, 0.717) is 36.2 Å². The maximum absolute atomic E-state index is 14.2. The molecule has 0 unspecified atom stereocenters. The van der Waals surface area contributed by atoms with Crippen LogP contribution in [0.1, 0.15) is 53.0 Å². The van der Waals surface area contributed by atoms with Crippen LogP contribution in [0.15, 0.2) is 12.1 Å². The van der Waals surface area contributed by atoms with Crippen molar-refractivity contribution in [2.24, 2.45) is 0 Å². The van der Waals surface area contributed by atoms with E-state index in [4.69, 9.17) is 18.8 Å². The lowest BCUT2D eigenvalue weighted by atomic mass is 9.77. The lowest BCUT2D eigenvalue weighted by Crippen LogP contribution is -2.41. The van der Waals surface area contributed by atoms with Gasteiger partial charge in [-0.2, -0.15) is 0 Å². The molecule has 0 bridgehead atoms. The minimum atomic E-state index is -0.713. The lowest BCUT2D eigenvalue weighted by Gasteiger charge is -2.32. The molecule has 0 aliphatic carbocycles. The number of esters is 1. The fraction of sp³-hybridized carbons (Fsp3) is 0.632. The first kappa shape index (κ1) is 20.7. The molecule has 1 heterocycles. The molecule has 2 rings (SSSR count). The first-order chi connectivity index (χ1) is 12.1. The normalized spacial score (nSPS) is 18.0. The van der Waals surface area contributed by atoms with Gasteiger partial charge in [-0.05, 0) is 65.2 Å². The summed E-state index contributed by atoms with van der Waals surface area (Å²) in [5.74, 6) is -0.107. The van der Waals surface area contributed by atoms with Gasteiger partial charge in [-0.3, -0.25) is 4.79 Å². The highest BCUT2D eigenvalue weighted by Gasteiger charge is 2.52. The Morgan fingerprint density at radius 2 is 1.81 bits per heavy atom. The van der Waals surface area contributed by atoms with Crippen LogP contribution in [-0.4, -0.2) is 38.0 Å². The molecule has 1 fully saturated rings. The lowest BCUT2D eigenvalue weighted by molar-refractivity contribution is -0.143. The Hall–Kier alpha value is -1.60. The van der Waals surface area contributed by atoms with Crippen LogP contribution in [0.25, 0.3) is 0 Å². The highest BCUT2D eigenvalue weighted by atomic mass is 19.1. The first-order valence-corrected chi connectivity index (χ1v) is 8.99. The number of benzene rings is 1. The number of rotatable bonds is 7. The third kappa shape index (κ3) is 4.38. The van der Waals surface area contributed by atoms with Crippen molar-refractivity contribution in [3.8, 4) is 5.75 Å². The molecule has 1 saturated heterocycles. The predicted octanol–water partition coefficient (Wildman–Crippen LogP) is 3.02. The zero-order chi connectivity index (χ0) is 19.5. The largest absolute Gasteiger partial charge is 0.498 e. The van der Waals surface area contributed by atoms with Crippen LogP contribution in [0.4, 0.5) is 4.39 Å². The minimum absolute atomic E-state index is 0.256. The van der Waals surface area contributed by atoms with Crippen molar-refractivity contribution in [2.75, 3.05) is 13.7 Å². The van der Waals surface area contributed by atoms with Gasteiger partial charge in [0.15, 0.2) is 0 Å². The second-order valence-corrected chi connectivity index (χ2v) is 7.43. The summed E-state index contributed by atoms with van der Waals surface area (Å²) in [4.78, 5) is 11.5. The van der Waals surface area contributed by atoms with E-state index in [1.54, 1.807) is 6.92 Å². The zero-order valence-electron chi connectivity index (χ0n) is 16.5. The van der Waals surface area contributed by atoms with Crippen LogP contribution in [0.5, 0.6) is 5.75 Å². The average Bonchev–Trinajstić information content (AvgIpc) is 2.75. The van der Waals surface area contributed by atoms with Crippen LogP contribution in [-0.2, 0) is 25.3 Å². The van der Waals surface area contributed by atoms with E-state index >= 15 is 0 Å². The number of carbonyl (C=O) groups excluding carboxylic acids is 1. The molecule has 0 radical (unpaired) electrons. The molecule has 5 nitrogen and oxygen atoms in total. The number of carbonyl (C=O) groups is 1. The summed E-state index contributed by atoms with van der Waals surface area (Å²) in [7, 11) is 0.825. The molecule has 1 aliphatic heterocycles. The van der Waals surface area contributed by atoms with Crippen molar-refractivity contribution < 1.29 is 28.0 Å². The Bertz CT molecular complexity index is 644. The molecule has 0 aromatic heterocycles. The van der Waals surface area contributed by atoms with Crippen molar-refractivity contribution in [1.82, 2.24) is 0 Å². The van der Waals surface area contributed by atoms with Crippen molar-refractivity contribution >= 4 is 18.6 Å². The maximum Gasteiger partial charge on any atom is 0.498 e. The highest BCUT2D eigenvalue weighted by Crippen LogP contribution is 2.37. The van der Waals surface area contributed by atoms with Gasteiger partial charge in [-0.1, -0.05) is 0 Å². The van der Waals surface area contributed by atoms with Crippen LogP contribution in [0.2, 0.25) is 0 Å². The Morgan fingerprint density at radius 1 is 1.19 bits per heavy atom. The average molecular weight is 366 g/mol. The molecule has 0 saturated carbocycles. The molecular formula is C19H28BFO5. The Labute approximate surface area is 155 Å². The van der Waals surface area contributed by atoms with Crippen molar-refractivity contribution in [1.29, 1.82) is 0 Å². The Kier molecular flexibility index (Phi) is 6.35. The summed E-state index contributed by atoms with van der Waals surface area (Å²) in [6, 6.07) is 2.81. The summed E-state index contributed by atoms with van der Waals surface area (Å²) >= 11 is 0. The third-order valence-electron chi connectivity index (χ3n) is 5.00. The molecule has 0 spiro atoms. The molecule has 0 amide bonds. The smallest absolute Gasteiger partial charge is 0.497 e. The molecule has 1 aliphatic rings. The van der Waals surface area contributed by atoms with Crippen LogP contribution >= 0.6 is 0 Å². The van der Waals surface area contributed by atoms with Crippen LogP contribution in [0, 0.1) is 5.82 Å². The van der Waals surface area contributed by atoms with E-state index in [2.05, 4.69) is 0 Å². The number of hydrogen-bond donors (Lipinski definition) is 0. The SMILES string of the molecule is CCOC(=O)CCCc1cc(F)cc(B2OC(C)(C)C(C)(C)O2)c1OC. The molecule has 26 heavy (non-hydrogen) atoms. The molecular weight excluding hydrogens is 338 g/mol. The molecule has 7 heteroatoms. The topological polar surface area (TPSA) is 54.0 Å². The van der Waals surface area contributed by atoms with E-state index in [9.17, 15) is 9.18 Å².